The van der Waals surface area contributed by atoms with Gasteiger partial charge >= 0.3 is 0 Å². The highest BCUT2D eigenvalue weighted by atomic mass is 19.1. The molecule has 1 fully saturated rings. The molecule has 0 saturated carbocycles. The average Bonchev–Trinajstić information content (AvgIpc) is 2.52. The number of rotatable bonds is 2. The second-order valence-electron chi connectivity index (χ2n) is 4.79. The molecular formula is C16H18FNO3. The fourth-order valence-electron chi connectivity index (χ4n) is 2.36. The van der Waals surface area contributed by atoms with Gasteiger partial charge in [-0.1, -0.05) is 18.8 Å². The molecule has 1 saturated heterocycles. The van der Waals surface area contributed by atoms with Crippen LogP contribution in [0.2, 0.25) is 0 Å². The van der Waals surface area contributed by atoms with Crippen molar-refractivity contribution in [3.63, 3.8) is 0 Å². The molecule has 1 heterocycles. The van der Waals surface area contributed by atoms with Crippen molar-refractivity contribution >= 4 is 5.91 Å². The summed E-state index contributed by atoms with van der Waals surface area (Å²) in [6.07, 6.45) is 0.796. The van der Waals surface area contributed by atoms with E-state index >= 15 is 0 Å². The maximum atomic E-state index is 13.3. The van der Waals surface area contributed by atoms with Gasteiger partial charge in [0, 0.05) is 12.1 Å². The van der Waals surface area contributed by atoms with Crippen LogP contribution in [0, 0.1) is 17.7 Å². The van der Waals surface area contributed by atoms with Gasteiger partial charge in [0.05, 0.1) is 24.8 Å². The third-order valence-corrected chi connectivity index (χ3v) is 3.47. The van der Waals surface area contributed by atoms with Crippen molar-refractivity contribution in [2.45, 2.75) is 19.4 Å². The molecule has 1 atom stereocenters. The zero-order valence-corrected chi connectivity index (χ0v) is 11.9. The first-order valence-electron chi connectivity index (χ1n) is 6.95. The molecule has 4 nitrogen and oxygen atoms in total. The Hall–Kier alpha value is -1.90. The van der Waals surface area contributed by atoms with Gasteiger partial charge < -0.3 is 14.7 Å². The summed E-state index contributed by atoms with van der Waals surface area (Å²) < 4.78 is 18.7. The van der Waals surface area contributed by atoms with Crippen molar-refractivity contribution in [2.75, 3.05) is 26.4 Å². The zero-order chi connectivity index (χ0) is 15.2. The molecule has 1 aliphatic rings. The highest BCUT2D eigenvalue weighted by Crippen LogP contribution is 2.18. The van der Waals surface area contributed by atoms with Crippen molar-refractivity contribution in [3.05, 3.63) is 35.1 Å². The number of morpholine rings is 1. The van der Waals surface area contributed by atoms with Crippen LogP contribution in [0.1, 0.15) is 29.3 Å². The Labute approximate surface area is 123 Å². The number of benzene rings is 1. The molecule has 1 aromatic carbocycles. The first kappa shape index (κ1) is 15.5. The molecular weight excluding hydrogens is 273 g/mol. The monoisotopic (exact) mass is 291 g/mol. The van der Waals surface area contributed by atoms with Gasteiger partial charge in [-0.3, -0.25) is 4.79 Å². The van der Waals surface area contributed by atoms with E-state index in [0.29, 0.717) is 30.9 Å². The minimum Gasteiger partial charge on any atom is -0.384 e. The fraction of sp³-hybridized carbons (Fsp3) is 0.438. The minimum atomic E-state index is -0.456. The number of nitrogens with zero attached hydrogens (tertiary/aromatic N) is 1. The standard InChI is InChI=1S/C16H18FNO3/c1-2-14-11-21-9-7-18(14)16(20)15-6-5-13(17)10-12(15)4-3-8-19/h5-6,10,14,19H,2,7-9,11H2,1H3. The highest BCUT2D eigenvalue weighted by molar-refractivity contribution is 5.97. The summed E-state index contributed by atoms with van der Waals surface area (Å²) >= 11 is 0. The molecule has 1 N–H and O–H groups in total. The molecule has 112 valence electrons. The van der Waals surface area contributed by atoms with Crippen LogP contribution >= 0.6 is 0 Å². The van der Waals surface area contributed by atoms with E-state index in [0.717, 1.165) is 6.42 Å². The van der Waals surface area contributed by atoms with Crippen molar-refractivity contribution in [2.24, 2.45) is 0 Å². The molecule has 0 aromatic heterocycles. The van der Waals surface area contributed by atoms with Crippen molar-refractivity contribution < 1.29 is 19.0 Å². The molecule has 5 heteroatoms. The lowest BCUT2D eigenvalue weighted by atomic mass is 10.0. The van der Waals surface area contributed by atoms with Gasteiger partial charge in [-0.15, -0.1) is 0 Å². The van der Waals surface area contributed by atoms with Crippen LogP contribution in [0.4, 0.5) is 4.39 Å². The van der Waals surface area contributed by atoms with Crippen LogP contribution in [0.25, 0.3) is 0 Å². The summed E-state index contributed by atoms with van der Waals surface area (Å²) in [5.74, 6) is 4.47. The Bertz CT molecular complexity index is 577. The number of carbonyl (C=O) groups is 1. The Morgan fingerprint density at radius 2 is 2.38 bits per heavy atom. The average molecular weight is 291 g/mol. The van der Waals surface area contributed by atoms with E-state index in [9.17, 15) is 9.18 Å². The number of aliphatic hydroxyl groups excluding tert-OH is 1. The summed E-state index contributed by atoms with van der Waals surface area (Å²) in [6, 6.07) is 3.94. The lowest BCUT2D eigenvalue weighted by Crippen LogP contribution is -2.48. The topological polar surface area (TPSA) is 49.8 Å². The van der Waals surface area contributed by atoms with E-state index in [2.05, 4.69) is 11.8 Å². The minimum absolute atomic E-state index is 0.0231. The van der Waals surface area contributed by atoms with Crippen LogP contribution < -0.4 is 0 Å². The predicted molar refractivity (Wildman–Crippen MR) is 76.3 cm³/mol. The number of amides is 1. The van der Waals surface area contributed by atoms with Gasteiger partial charge in [-0.25, -0.2) is 4.39 Å². The summed E-state index contributed by atoms with van der Waals surface area (Å²) in [7, 11) is 0. The van der Waals surface area contributed by atoms with E-state index in [1.165, 1.54) is 18.2 Å². The normalized spacial score (nSPS) is 18.0. The molecule has 0 aliphatic carbocycles. The number of halogens is 1. The molecule has 1 aliphatic heterocycles. The number of carbonyl (C=O) groups excluding carboxylic acids is 1. The van der Waals surface area contributed by atoms with Crippen LogP contribution in [0.5, 0.6) is 0 Å². The SMILES string of the molecule is CCC1COCCN1C(=O)c1ccc(F)cc1C#CCO. The molecule has 1 aromatic rings. The van der Waals surface area contributed by atoms with Gasteiger partial charge in [0.25, 0.3) is 5.91 Å². The number of hydrogen-bond acceptors (Lipinski definition) is 3. The number of ether oxygens (including phenoxy) is 1. The van der Waals surface area contributed by atoms with E-state index in [-0.39, 0.29) is 18.6 Å². The highest BCUT2D eigenvalue weighted by Gasteiger charge is 2.27. The van der Waals surface area contributed by atoms with Crippen molar-refractivity contribution in [1.82, 2.24) is 4.90 Å². The lowest BCUT2D eigenvalue weighted by molar-refractivity contribution is -0.00281. The molecule has 1 unspecified atom stereocenters. The smallest absolute Gasteiger partial charge is 0.255 e. The third kappa shape index (κ3) is 3.60. The second kappa shape index (κ2) is 7.21. The Balaban J connectivity index is 2.33. The molecule has 2 rings (SSSR count). The van der Waals surface area contributed by atoms with E-state index < -0.39 is 5.82 Å². The van der Waals surface area contributed by atoms with Crippen LogP contribution in [-0.4, -0.2) is 48.3 Å². The van der Waals surface area contributed by atoms with Gasteiger partial charge in [-0.2, -0.15) is 0 Å². The van der Waals surface area contributed by atoms with Crippen molar-refractivity contribution in [3.8, 4) is 11.8 Å². The molecule has 0 spiro atoms. The van der Waals surface area contributed by atoms with Gasteiger partial charge in [0.15, 0.2) is 0 Å². The number of aliphatic hydroxyl groups is 1. The van der Waals surface area contributed by atoms with E-state index in [1.807, 2.05) is 6.92 Å². The first-order chi connectivity index (χ1) is 10.2. The maximum absolute atomic E-state index is 13.3. The molecule has 0 bridgehead atoms. The molecule has 21 heavy (non-hydrogen) atoms. The van der Waals surface area contributed by atoms with E-state index in [1.54, 1.807) is 4.90 Å². The Morgan fingerprint density at radius 1 is 1.57 bits per heavy atom. The van der Waals surface area contributed by atoms with Gasteiger partial charge in [0.2, 0.25) is 0 Å². The largest absolute Gasteiger partial charge is 0.384 e. The zero-order valence-electron chi connectivity index (χ0n) is 11.9. The second-order valence-corrected chi connectivity index (χ2v) is 4.79. The third-order valence-electron chi connectivity index (χ3n) is 3.47. The quantitative estimate of drug-likeness (QED) is 0.838. The Morgan fingerprint density at radius 3 is 3.10 bits per heavy atom. The van der Waals surface area contributed by atoms with E-state index in [4.69, 9.17) is 9.84 Å². The first-order valence-corrected chi connectivity index (χ1v) is 6.95. The van der Waals surface area contributed by atoms with Gasteiger partial charge in [-0.05, 0) is 24.6 Å². The van der Waals surface area contributed by atoms with Gasteiger partial charge in [0.1, 0.15) is 12.4 Å². The Kier molecular flexibility index (Phi) is 5.32. The van der Waals surface area contributed by atoms with Crippen LogP contribution in [0.15, 0.2) is 18.2 Å². The predicted octanol–water partition coefficient (Wildman–Crippen LogP) is 1.42. The van der Waals surface area contributed by atoms with Crippen LogP contribution in [0.3, 0.4) is 0 Å². The maximum Gasteiger partial charge on any atom is 0.255 e. The summed E-state index contributed by atoms with van der Waals surface area (Å²) in [5.41, 5.74) is 0.660. The summed E-state index contributed by atoms with van der Waals surface area (Å²) in [5, 5.41) is 8.78. The summed E-state index contributed by atoms with van der Waals surface area (Å²) in [6.45, 7) is 3.19. The fourth-order valence-corrected chi connectivity index (χ4v) is 2.36. The lowest BCUT2D eigenvalue weighted by Gasteiger charge is -2.35. The molecule has 0 radical (unpaired) electrons. The van der Waals surface area contributed by atoms with Crippen molar-refractivity contribution in [1.29, 1.82) is 0 Å². The van der Waals surface area contributed by atoms with Crippen LogP contribution in [-0.2, 0) is 4.74 Å². The number of hydrogen-bond donors (Lipinski definition) is 1. The summed E-state index contributed by atoms with van der Waals surface area (Å²) in [4.78, 5) is 14.4. The molecule has 1 amide bonds.